The molecular weight excluding hydrogens is 284 g/mol. The van der Waals surface area contributed by atoms with Crippen molar-refractivity contribution >= 4 is 0 Å². The van der Waals surface area contributed by atoms with Gasteiger partial charge in [-0.2, -0.15) is 0 Å². The summed E-state index contributed by atoms with van der Waals surface area (Å²) in [5, 5.41) is 0. The van der Waals surface area contributed by atoms with Gasteiger partial charge in [0.25, 0.3) is 0 Å². The van der Waals surface area contributed by atoms with E-state index in [0.717, 1.165) is 44.5 Å². The zero-order valence-corrected chi connectivity index (χ0v) is 16.9. The molecule has 0 saturated carbocycles. The lowest BCUT2D eigenvalue weighted by molar-refractivity contribution is -0.0342. The van der Waals surface area contributed by atoms with Gasteiger partial charge in [-0.15, -0.1) is 0 Å². The maximum atomic E-state index is 6.30. The highest BCUT2D eigenvalue weighted by molar-refractivity contribution is 4.69. The van der Waals surface area contributed by atoms with Gasteiger partial charge in [0.05, 0.1) is 19.3 Å². The van der Waals surface area contributed by atoms with Crippen molar-refractivity contribution in [3.63, 3.8) is 0 Å². The Labute approximate surface area is 146 Å². The average molecular weight is 329 g/mol. The molecule has 4 atom stereocenters. The molecule has 0 heterocycles. The van der Waals surface area contributed by atoms with Crippen LogP contribution in [0.4, 0.5) is 0 Å². The highest BCUT2D eigenvalue weighted by Gasteiger charge is 2.20. The Hall–Kier alpha value is -0.0800. The van der Waals surface area contributed by atoms with Gasteiger partial charge < -0.3 is 9.47 Å². The van der Waals surface area contributed by atoms with Gasteiger partial charge in [0.2, 0.25) is 0 Å². The van der Waals surface area contributed by atoms with Crippen LogP contribution in [0.2, 0.25) is 0 Å². The first-order chi connectivity index (χ1) is 11.2. The van der Waals surface area contributed by atoms with Gasteiger partial charge in [0.15, 0.2) is 0 Å². The monoisotopic (exact) mass is 328 g/mol. The van der Waals surface area contributed by atoms with Crippen molar-refractivity contribution in [2.24, 2.45) is 17.8 Å². The summed E-state index contributed by atoms with van der Waals surface area (Å²) in [6.07, 6.45) is 10.3. The normalized spacial score (nSPS) is 17.0. The second kappa shape index (κ2) is 15.4. The lowest BCUT2D eigenvalue weighted by Gasteiger charge is -2.27. The molecule has 0 aromatic rings. The summed E-state index contributed by atoms with van der Waals surface area (Å²) in [6.45, 7) is 16.3. The summed E-state index contributed by atoms with van der Waals surface area (Å²) in [6, 6.07) is 0. The van der Waals surface area contributed by atoms with Gasteiger partial charge in [0.1, 0.15) is 0 Å². The number of hydrogen-bond donors (Lipinski definition) is 0. The minimum atomic E-state index is 0.428. The quantitative estimate of drug-likeness (QED) is 0.323. The molecule has 0 rings (SSSR count). The van der Waals surface area contributed by atoms with E-state index in [-0.39, 0.29) is 0 Å². The molecule has 4 unspecified atom stereocenters. The summed E-state index contributed by atoms with van der Waals surface area (Å²) in [5.74, 6) is 2.00. The van der Waals surface area contributed by atoms with Gasteiger partial charge in [-0.25, -0.2) is 0 Å². The van der Waals surface area contributed by atoms with Gasteiger partial charge in [0, 0.05) is 12.5 Å². The molecule has 0 aliphatic carbocycles. The zero-order valence-electron chi connectivity index (χ0n) is 16.9. The van der Waals surface area contributed by atoms with Crippen LogP contribution in [0.3, 0.4) is 0 Å². The molecular formula is C21H44O2. The molecule has 23 heavy (non-hydrogen) atoms. The molecule has 0 bridgehead atoms. The van der Waals surface area contributed by atoms with E-state index in [1.807, 2.05) is 0 Å². The summed E-state index contributed by atoms with van der Waals surface area (Å²) < 4.78 is 12.3. The van der Waals surface area contributed by atoms with Crippen LogP contribution < -0.4 is 0 Å². The van der Waals surface area contributed by atoms with Crippen LogP contribution in [0.5, 0.6) is 0 Å². The fourth-order valence-electron chi connectivity index (χ4n) is 3.37. The van der Waals surface area contributed by atoms with Crippen molar-refractivity contribution in [2.45, 2.75) is 99.0 Å². The Kier molecular flexibility index (Phi) is 15.4. The zero-order chi connectivity index (χ0) is 17.5. The summed E-state index contributed by atoms with van der Waals surface area (Å²) in [4.78, 5) is 0. The Morgan fingerprint density at radius 2 is 1.22 bits per heavy atom. The van der Waals surface area contributed by atoms with E-state index < -0.39 is 0 Å². The van der Waals surface area contributed by atoms with Crippen molar-refractivity contribution in [1.82, 2.24) is 0 Å². The van der Waals surface area contributed by atoms with E-state index in [4.69, 9.17) is 9.47 Å². The van der Waals surface area contributed by atoms with Crippen LogP contribution in [-0.2, 0) is 9.47 Å². The van der Waals surface area contributed by atoms with Crippen molar-refractivity contribution in [3.05, 3.63) is 0 Å². The van der Waals surface area contributed by atoms with Crippen molar-refractivity contribution < 1.29 is 9.47 Å². The standard InChI is InChI=1S/C21H44O2/c1-7-13-18(9-3)15-22-16-19(10-4)17-23-21(12-6)20(11-5)14-8-2/h18-21H,7-17H2,1-6H3. The molecule has 0 amide bonds. The second-order valence-electron chi connectivity index (χ2n) is 7.11. The Morgan fingerprint density at radius 1 is 0.609 bits per heavy atom. The first kappa shape index (κ1) is 22.9. The minimum absolute atomic E-state index is 0.428. The van der Waals surface area contributed by atoms with Crippen LogP contribution in [0.25, 0.3) is 0 Å². The van der Waals surface area contributed by atoms with E-state index in [0.29, 0.717) is 12.0 Å². The summed E-state index contributed by atoms with van der Waals surface area (Å²) >= 11 is 0. The van der Waals surface area contributed by atoms with Crippen LogP contribution >= 0.6 is 0 Å². The fraction of sp³-hybridized carbons (Fsp3) is 1.00. The minimum Gasteiger partial charge on any atom is -0.381 e. The average Bonchev–Trinajstić information content (AvgIpc) is 2.58. The van der Waals surface area contributed by atoms with E-state index in [1.54, 1.807) is 0 Å². The van der Waals surface area contributed by atoms with Gasteiger partial charge >= 0.3 is 0 Å². The van der Waals surface area contributed by atoms with Crippen molar-refractivity contribution in [1.29, 1.82) is 0 Å². The molecule has 0 N–H and O–H groups in total. The van der Waals surface area contributed by atoms with Gasteiger partial charge in [-0.3, -0.25) is 0 Å². The van der Waals surface area contributed by atoms with Crippen molar-refractivity contribution in [3.8, 4) is 0 Å². The van der Waals surface area contributed by atoms with E-state index in [2.05, 4.69) is 41.5 Å². The summed E-state index contributed by atoms with van der Waals surface area (Å²) in [7, 11) is 0. The molecule has 2 heteroatoms. The third kappa shape index (κ3) is 10.4. The van der Waals surface area contributed by atoms with Crippen LogP contribution in [-0.4, -0.2) is 25.9 Å². The number of hydrogen-bond acceptors (Lipinski definition) is 2. The summed E-state index contributed by atoms with van der Waals surface area (Å²) in [5.41, 5.74) is 0. The first-order valence-corrected chi connectivity index (χ1v) is 10.4. The Balaban J connectivity index is 4.15. The number of ether oxygens (including phenoxy) is 2. The molecule has 0 aliphatic heterocycles. The predicted octanol–water partition coefficient (Wildman–Crippen LogP) is 6.48. The molecule has 2 nitrogen and oxygen atoms in total. The van der Waals surface area contributed by atoms with E-state index in [1.165, 1.54) is 38.5 Å². The van der Waals surface area contributed by atoms with Crippen LogP contribution in [0.15, 0.2) is 0 Å². The lowest BCUT2D eigenvalue weighted by atomic mass is 9.92. The smallest absolute Gasteiger partial charge is 0.0600 e. The molecule has 0 aliphatic rings. The van der Waals surface area contributed by atoms with E-state index in [9.17, 15) is 0 Å². The predicted molar refractivity (Wildman–Crippen MR) is 102 cm³/mol. The Morgan fingerprint density at radius 3 is 1.70 bits per heavy atom. The maximum absolute atomic E-state index is 6.30. The van der Waals surface area contributed by atoms with Crippen LogP contribution in [0.1, 0.15) is 92.9 Å². The third-order valence-electron chi connectivity index (χ3n) is 5.22. The molecule has 0 radical (unpaired) electrons. The molecule has 0 spiro atoms. The van der Waals surface area contributed by atoms with Gasteiger partial charge in [-0.1, -0.05) is 67.2 Å². The number of rotatable bonds is 16. The molecule has 0 aromatic carbocycles. The fourth-order valence-corrected chi connectivity index (χ4v) is 3.37. The van der Waals surface area contributed by atoms with Crippen LogP contribution in [0, 0.1) is 17.8 Å². The highest BCUT2D eigenvalue weighted by Crippen LogP contribution is 2.22. The molecule has 0 saturated heterocycles. The molecule has 0 aromatic heterocycles. The molecule has 0 fully saturated rings. The third-order valence-corrected chi connectivity index (χ3v) is 5.22. The highest BCUT2D eigenvalue weighted by atomic mass is 16.5. The van der Waals surface area contributed by atoms with E-state index >= 15 is 0 Å². The van der Waals surface area contributed by atoms with Gasteiger partial charge in [-0.05, 0) is 37.5 Å². The Bertz CT molecular complexity index is 242. The van der Waals surface area contributed by atoms with Crippen molar-refractivity contribution in [2.75, 3.05) is 19.8 Å². The topological polar surface area (TPSA) is 18.5 Å². The lowest BCUT2D eigenvalue weighted by Crippen LogP contribution is -2.27. The SMILES string of the molecule is CCCC(CC)COCC(CC)COC(CC)C(CC)CCC. The first-order valence-electron chi connectivity index (χ1n) is 10.4. The second-order valence-corrected chi connectivity index (χ2v) is 7.11. The maximum Gasteiger partial charge on any atom is 0.0600 e. The molecule has 140 valence electrons. The largest absolute Gasteiger partial charge is 0.381 e.